The number of hydrogen-bond acceptors (Lipinski definition) is 1. The van der Waals surface area contributed by atoms with Gasteiger partial charge in [-0.25, -0.2) is 0 Å². The van der Waals surface area contributed by atoms with E-state index in [2.05, 4.69) is 6.58 Å². The second-order valence-corrected chi connectivity index (χ2v) is 6.01. The Morgan fingerprint density at radius 3 is 1.76 bits per heavy atom. The van der Waals surface area contributed by atoms with Crippen molar-refractivity contribution < 1.29 is 39.5 Å². The van der Waals surface area contributed by atoms with Gasteiger partial charge in [-0.2, -0.15) is 39.5 Å². The number of hydrogen-bond donors (Lipinski definition) is 0. The molecule has 0 spiro atoms. The molecule has 0 aliphatic rings. The van der Waals surface area contributed by atoms with Gasteiger partial charge in [0.1, 0.15) is 0 Å². The van der Waals surface area contributed by atoms with Crippen LogP contribution in [0.3, 0.4) is 0 Å². The fourth-order valence-corrected chi connectivity index (χ4v) is 2.46. The number of alkyl halides is 9. The Morgan fingerprint density at radius 1 is 0.931 bits per heavy atom. The lowest BCUT2D eigenvalue weighted by atomic mass is 10.1. The van der Waals surface area contributed by atoms with Gasteiger partial charge in [0.05, 0.1) is 16.7 Å². The molecule has 162 valence electrons. The molecule has 29 heavy (non-hydrogen) atoms. The molecule has 0 heterocycles. The smallest absolute Gasteiger partial charge is 0.342 e. The van der Waals surface area contributed by atoms with Crippen LogP contribution in [0.25, 0.3) is 0 Å². The van der Waals surface area contributed by atoms with Crippen LogP contribution in [0.2, 0.25) is 0 Å². The summed E-state index contributed by atoms with van der Waals surface area (Å²) in [6.07, 6.45) is -12.2. The van der Waals surface area contributed by atoms with E-state index >= 15 is 0 Å². The zero-order chi connectivity index (χ0) is 22.6. The highest BCUT2D eigenvalue weighted by Crippen LogP contribution is 2.39. The molecule has 1 aromatic rings. The van der Waals surface area contributed by atoms with E-state index in [1.54, 1.807) is 0 Å². The third-order valence-corrected chi connectivity index (χ3v) is 3.74. The van der Waals surface area contributed by atoms with Crippen molar-refractivity contribution in [2.75, 3.05) is 11.4 Å². The number of halogens is 9. The van der Waals surface area contributed by atoms with Crippen LogP contribution in [-0.4, -0.2) is 12.7 Å². The molecule has 0 radical (unpaired) electrons. The normalized spacial score (nSPS) is 14.2. The van der Waals surface area contributed by atoms with Gasteiger partial charge in [-0.15, -0.1) is 6.58 Å². The van der Waals surface area contributed by atoms with E-state index in [4.69, 9.17) is 0 Å². The first-order chi connectivity index (χ1) is 13.1. The molecule has 0 aliphatic heterocycles. The first-order valence-corrected chi connectivity index (χ1v) is 8.24. The molecule has 0 aliphatic carbocycles. The van der Waals surface area contributed by atoms with E-state index in [0.717, 1.165) is 24.0 Å². The van der Waals surface area contributed by atoms with Gasteiger partial charge in [-0.1, -0.05) is 19.1 Å². The third-order valence-electron chi connectivity index (χ3n) is 3.74. The second-order valence-electron chi connectivity index (χ2n) is 6.01. The maximum atomic E-state index is 13.1. The Bertz CT molecular complexity index is 748. The zero-order valence-corrected chi connectivity index (χ0v) is 15.4. The summed E-state index contributed by atoms with van der Waals surface area (Å²) in [4.78, 5) is 0.896. The molecule has 0 unspecified atom stereocenters. The van der Waals surface area contributed by atoms with E-state index in [0.29, 0.717) is 18.2 Å². The Hall–Kier alpha value is -2.39. The Labute approximate surface area is 161 Å². The predicted molar refractivity (Wildman–Crippen MR) is 92.2 cm³/mol. The molecular weight excluding hydrogens is 413 g/mol. The van der Waals surface area contributed by atoms with Crippen LogP contribution in [0, 0.1) is 0 Å². The van der Waals surface area contributed by atoms with Crippen molar-refractivity contribution in [2.45, 2.75) is 38.8 Å². The third kappa shape index (κ3) is 6.86. The molecule has 0 atom stereocenters. The van der Waals surface area contributed by atoms with E-state index < -0.39 is 40.9 Å². The second kappa shape index (κ2) is 8.96. The molecule has 0 N–H and O–H groups in total. The maximum absolute atomic E-state index is 13.1. The summed E-state index contributed by atoms with van der Waals surface area (Å²) in [6.45, 7) is 5.67. The quantitative estimate of drug-likeness (QED) is 0.256. The van der Waals surface area contributed by atoms with Crippen LogP contribution < -0.4 is 4.90 Å². The fourth-order valence-electron chi connectivity index (χ4n) is 2.46. The summed E-state index contributed by atoms with van der Waals surface area (Å²) in [5.41, 5.74) is -4.95. The van der Waals surface area contributed by atoms with E-state index in [1.165, 1.54) is 6.92 Å². The zero-order valence-electron chi connectivity index (χ0n) is 15.4. The minimum atomic E-state index is -5.08. The molecule has 1 nitrogen and oxygen atoms in total. The molecule has 0 saturated carbocycles. The van der Waals surface area contributed by atoms with Crippen molar-refractivity contribution in [3.05, 3.63) is 65.4 Å². The van der Waals surface area contributed by atoms with Crippen LogP contribution >= 0.6 is 0 Å². The molecule has 0 bridgehead atoms. The van der Waals surface area contributed by atoms with Gasteiger partial charge >= 0.3 is 18.5 Å². The molecular formula is C19H18F9N. The summed E-state index contributed by atoms with van der Waals surface area (Å²) < 4.78 is 118. The molecule has 0 amide bonds. The fraction of sp³-hybridized carbons (Fsp3) is 0.368. The van der Waals surface area contributed by atoms with Gasteiger partial charge in [0, 0.05) is 17.9 Å². The van der Waals surface area contributed by atoms with Crippen molar-refractivity contribution in [2.24, 2.45) is 0 Å². The van der Waals surface area contributed by atoms with E-state index in [1.807, 2.05) is 0 Å². The number of allylic oxidation sites excluding steroid dienone is 4. The highest BCUT2D eigenvalue weighted by Gasteiger charge is 2.37. The van der Waals surface area contributed by atoms with Crippen molar-refractivity contribution in [1.29, 1.82) is 0 Å². The van der Waals surface area contributed by atoms with Gasteiger partial charge in [0.15, 0.2) is 0 Å². The van der Waals surface area contributed by atoms with Crippen LogP contribution in [0.1, 0.15) is 31.4 Å². The molecule has 0 fully saturated rings. The van der Waals surface area contributed by atoms with Crippen LogP contribution in [0.4, 0.5) is 45.2 Å². The van der Waals surface area contributed by atoms with E-state index in [-0.39, 0.29) is 24.7 Å². The number of nitrogens with zero attached hydrogens (tertiary/aromatic N) is 1. The van der Waals surface area contributed by atoms with Crippen LogP contribution in [0.5, 0.6) is 0 Å². The van der Waals surface area contributed by atoms with Gasteiger partial charge < -0.3 is 4.90 Å². The topological polar surface area (TPSA) is 3.24 Å². The van der Waals surface area contributed by atoms with Gasteiger partial charge in [0.25, 0.3) is 0 Å². The first-order valence-electron chi connectivity index (χ1n) is 8.24. The monoisotopic (exact) mass is 431 g/mol. The summed E-state index contributed by atoms with van der Waals surface area (Å²) in [5.74, 6) is 0. The average Bonchev–Trinajstić information content (AvgIpc) is 2.56. The highest BCUT2D eigenvalue weighted by molar-refractivity contribution is 5.57. The van der Waals surface area contributed by atoms with Crippen molar-refractivity contribution in [3.8, 4) is 0 Å². The average molecular weight is 431 g/mol. The summed E-state index contributed by atoms with van der Waals surface area (Å²) in [5, 5.41) is 0. The van der Waals surface area contributed by atoms with E-state index in [9.17, 15) is 39.5 Å². The van der Waals surface area contributed by atoms with Crippen molar-refractivity contribution >= 4 is 5.69 Å². The highest BCUT2D eigenvalue weighted by atomic mass is 19.4. The lowest BCUT2D eigenvalue weighted by Crippen LogP contribution is -2.24. The molecule has 0 saturated heterocycles. The molecule has 10 heteroatoms. The SMILES string of the molecule is C=CCN(/C(C)=C/C(=C\CC)C(F)(F)F)c1cc(C(F)(F)F)cc(C(F)(F)F)c1. The Balaban J connectivity index is 3.65. The van der Waals surface area contributed by atoms with Crippen LogP contribution in [0.15, 0.2) is 54.3 Å². The Morgan fingerprint density at radius 2 is 1.41 bits per heavy atom. The van der Waals surface area contributed by atoms with Gasteiger partial charge in [-0.3, -0.25) is 0 Å². The lowest BCUT2D eigenvalue weighted by Gasteiger charge is -2.27. The minimum Gasteiger partial charge on any atom is -0.342 e. The first kappa shape index (κ1) is 24.6. The van der Waals surface area contributed by atoms with Crippen LogP contribution in [-0.2, 0) is 12.4 Å². The lowest BCUT2D eigenvalue weighted by molar-refractivity contribution is -0.143. The summed E-state index contributed by atoms with van der Waals surface area (Å²) >= 11 is 0. The molecule has 1 rings (SSSR count). The van der Waals surface area contributed by atoms with Crippen molar-refractivity contribution in [1.82, 2.24) is 0 Å². The number of rotatable bonds is 6. The largest absolute Gasteiger partial charge is 0.416 e. The Kier molecular flexibility index (Phi) is 7.61. The molecule has 0 aromatic heterocycles. The summed E-state index contributed by atoms with van der Waals surface area (Å²) in [6, 6.07) is 0.854. The maximum Gasteiger partial charge on any atom is 0.416 e. The molecule has 1 aromatic carbocycles. The van der Waals surface area contributed by atoms with Gasteiger partial charge in [-0.05, 0) is 37.6 Å². The summed E-state index contributed by atoms with van der Waals surface area (Å²) in [7, 11) is 0. The minimum absolute atomic E-state index is 0.0296. The number of benzene rings is 1. The standard InChI is InChI=1S/C19H18F9N/c1-4-6-13(17(20,21)22)8-12(3)29(7-5-2)16-10-14(18(23,24)25)9-15(11-16)19(26,27)28/h5-6,8-11H,2,4,7H2,1,3H3/b12-8+,13-6+. The van der Waals surface area contributed by atoms with Crippen molar-refractivity contribution in [3.63, 3.8) is 0 Å². The number of anilines is 1. The van der Waals surface area contributed by atoms with Gasteiger partial charge in [0.2, 0.25) is 0 Å². The predicted octanol–water partition coefficient (Wildman–Crippen LogP) is 7.52.